The number of hydrogen-bond donors (Lipinski definition) is 0. The van der Waals surface area contributed by atoms with Crippen LogP contribution in [0.5, 0.6) is 0 Å². The van der Waals surface area contributed by atoms with Gasteiger partial charge in [0.1, 0.15) is 0 Å². The highest BCUT2D eigenvalue weighted by atomic mass is 15.0. The van der Waals surface area contributed by atoms with E-state index < -0.39 is 0 Å². The molecule has 2 heterocycles. The highest BCUT2D eigenvalue weighted by Crippen LogP contribution is 2.58. The number of aryl methyl sites for hydroxylation is 4. The molecule has 0 fully saturated rings. The summed E-state index contributed by atoms with van der Waals surface area (Å²) in [5.74, 6) is -0.0249. The fraction of sp³-hybridized carbons (Fsp3) is 0.126. The molecule has 0 atom stereocenters. The molecule has 2 nitrogen and oxygen atoms in total. The van der Waals surface area contributed by atoms with Crippen LogP contribution in [0.4, 0.5) is 0 Å². The molecule has 19 rings (SSSR count). The Bertz CT molecular complexity index is 5960. The predicted molar refractivity (Wildman–Crippen MR) is 452 cm³/mol. The van der Waals surface area contributed by atoms with Crippen molar-refractivity contribution in [3.63, 3.8) is 0 Å². The second-order valence-electron chi connectivity index (χ2n) is 31.5. The molecule has 2 aliphatic rings. The third kappa shape index (κ3) is 10.6. The number of aromatic nitrogens is 2. The monoisotopic (exact) mass is 1360 g/mol. The molecule has 0 radical (unpaired) electrons. The molecule has 0 N–H and O–H groups in total. The Kier molecular flexibility index (Phi) is 15.5. The van der Waals surface area contributed by atoms with Crippen LogP contribution in [-0.2, 0) is 17.3 Å². The molecule has 0 unspecified atom stereocenters. The Balaban J connectivity index is 1.04. The summed E-state index contributed by atoms with van der Waals surface area (Å²) in [5.41, 5.74) is 39.8. The van der Waals surface area contributed by atoms with Crippen molar-refractivity contribution in [3.8, 4) is 89.3 Å². The van der Waals surface area contributed by atoms with Gasteiger partial charge in [-0.3, -0.25) is 0 Å². The number of rotatable bonds is 13. The van der Waals surface area contributed by atoms with Crippen molar-refractivity contribution in [1.82, 2.24) is 9.13 Å². The van der Waals surface area contributed by atoms with E-state index in [0.29, 0.717) is 0 Å². The summed E-state index contributed by atoms with van der Waals surface area (Å²) in [6, 6.07) is 125. The zero-order valence-electron chi connectivity index (χ0n) is 61.6. The second kappa shape index (κ2) is 25.4. The first kappa shape index (κ1) is 64.8. The summed E-state index contributed by atoms with van der Waals surface area (Å²) in [6.07, 6.45) is 1.68. The standard InChI is InChI=1S/C103H83BN2/c1-65-29-27-30-66(2)97(65)104(98-67(3)31-28-32-68(98)4)99-100(105-91-53-47-77(71-37-19-11-20-38-71)59-86(91)87-60-78(48-54-92(87)105)72-39-21-12-22-40-72)90(63-85-81-51-45-75(69-33-15-9-16-34-69)57-83(81)84-58-76(46-52-82(84)85)70-35-17-10-18-36-70)95-96(103(7,8)64-102(95,5)6)101(99)106-93-55-49-79(73-41-23-13-24-42-73)61-88(93)89-62-80(50-56-94(89)106)74-43-25-14-26-44-74/h9-62,85H,63-64H2,1-8H3. The van der Waals surface area contributed by atoms with E-state index in [1.54, 1.807) is 0 Å². The largest absolute Gasteiger partial charge is 0.309 e. The van der Waals surface area contributed by atoms with Crippen molar-refractivity contribution in [2.45, 2.75) is 85.0 Å². The summed E-state index contributed by atoms with van der Waals surface area (Å²) in [4.78, 5) is 0. The van der Waals surface area contributed by atoms with E-state index in [1.807, 2.05) is 0 Å². The fourth-order valence-corrected chi connectivity index (χ4v) is 19.6. The van der Waals surface area contributed by atoms with Gasteiger partial charge >= 0.3 is 0 Å². The van der Waals surface area contributed by atoms with Crippen molar-refractivity contribution < 1.29 is 0 Å². The van der Waals surface area contributed by atoms with Crippen molar-refractivity contribution in [3.05, 3.63) is 378 Å². The van der Waals surface area contributed by atoms with E-state index >= 15 is 0 Å². The molecule has 0 saturated carbocycles. The zero-order chi connectivity index (χ0) is 71.7. The summed E-state index contributed by atoms with van der Waals surface area (Å²) >= 11 is 0. The van der Waals surface area contributed by atoms with Crippen LogP contribution >= 0.6 is 0 Å². The van der Waals surface area contributed by atoms with Crippen LogP contribution in [0.15, 0.2) is 328 Å². The summed E-state index contributed by atoms with van der Waals surface area (Å²) in [6.45, 7) is 19.6. The lowest BCUT2D eigenvalue weighted by Gasteiger charge is -2.36. The average Bonchev–Trinajstić information content (AvgIpc) is 1.48. The van der Waals surface area contributed by atoms with Crippen molar-refractivity contribution >= 4 is 66.7 Å². The number of benzene rings is 15. The Morgan fingerprint density at radius 3 is 0.887 bits per heavy atom. The van der Waals surface area contributed by atoms with Crippen LogP contribution < -0.4 is 16.4 Å². The fourth-order valence-electron chi connectivity index (χ4n) is 19.6. The van der Waals surface area contributed by atoms with Gasteiger partial charge in [0.05, 0.1) is 22.1 Å². The van der Waals surface area contributed by atoms with Gasteiger partial charge in [-0.05, 0) is 223 Å². The van der Waals surface area contributed by atoms with E-state index in [0.717, 1.165) is 12.8 Å². The van der Waals surface area contributed by atoms with Gasteiger partial charge in [-0.2, -0.15) is 0 Å². The van der Waals surface area contributed by atoms with Crippen LogP contribution in [-0.4, -0.2) is 15.8 Å². The maximum atomic E-state index is 2.82. The normalized spacial score (nSPS) is 13.6. The number of fused-ring (bicyclic) bond motifs is 10. The predicted octanol–water partition coefficient (Wildman–Crippen LogP) is 24.9. The minimum atomic E-state index is -0.351. The topological polar surface area (TPSA) is 9.86 Å². The zero-order valence-corrected chi connectivity index (χ0v) is 61.6. The molecule has 3 heteroatoms. The molecule has 0 bridgehead atoms. The lowest BCUT2D eigenvalue weighted by molar-refractivity contribution is 0.402. The highest BCUT2D eigenvalue weighted by molar-refractivity contribution is 6.98. The summed E-state index contributed by atoms with van der Waals surface area (Å²) in [5, 5.41) is 4.90. The summed E-state index contributed by atoms with van der Waals surface area (Å²) in [7, 11) is 0. The first-order valence-electron chi connectivity index (χ1n) is 37.9. The van der Waals surface area contributed by atoms with Crippen LogP contribution in [0.2, 0.25) is 0 Å². The van der Waals surface area contributed by atoms with Gasteiger partial charge in [-0.25, -0.2) is 0 Å². The number of hydrogen-bond acceptors (Lipinski definition) is 0. The van der Waals surface area contributed by atoms with Crippen LogP contribution in [0.1, 0.15) is 90.1 Å². The van der Waals surface area contributed by atoms with Gasteiger partial charge in [0.2, 0.25) is 6.71 Å². The molecular formula is C103H83BN2. The second-order valence-corrected chi connectivity index (χ2v) is 31.5. The lowest BCUT2D eigenvalue weighted by Crippen LogP contribution is -2.58. The Morgan fingerprint density at radius 2 is 0.566 bits per heavy atom. The van der Waals surface area contributed by atoms with Crippen molar-refractivity contribution in [2.75, 3.05) is 0 Å². The van der Waals surface area contributed by atoms with E-state index in [-0.39, 0.29) is 23.5 Å². The quantitative estimate of drug-likeness (QED) is 0.102. The SMILES string of the molecule is Cc1cccc(C)c1B(c1c(C)cccc1C)c1c(-n2c3ccc(-c4ccccc4)cc3c3cc(-c4ccccc4)ccc32)c(CC2c3ccc(-c4ccccc4)cc3-c3cc(-c4ccccc4)ccc32)c2c(c1-n1c3ccc(-c4ccccc4)cc3c3cc(-c4ccccc4)ccc31)C(C)(C)CC2(C)C. The molecule has 15 aromatic carbocycles. The third-order valence-electron chi connectivity index (χ3n) is 23.9. The lowest BCUT2D eigenvalue weighted by atomic mass is 9.33. The molecule has 0 spiro atoms. The van der Waals surface area contributed by atoms with Gasteiger partial charge in [0.15, 0.2) is 0 Å². The summed E-state index contributed by atoms with van der Waals surface area (Å²) < 4.78 is 5.62. The van der Waals surface area contributed by atoms with E-state index in [4.69, 9.17) is 0 Å². The van der Waals surface area contributed by atoms with Crippen molar-refractivity contribution in [1.29, 1.82) is 0 Å². The Labute approximate surface area is 623 Å². The first-order valence-corrected chi connectivity index (χ1v) is 37.9. The highest BCUT2D eigenvalue weighted by Gasteiger charge is 2.50. The van der Waals surface area contributed by atoms with Gasteiger partial charge in [0.25, 0.3) is 0 Å². The minimum absolute atomic E-state index is 0.0249. The van der Waals surface area contributed by atoms with Crippen LogP contribution in [0.25, 0.3) is 133 Å². The molecule has 0 aliphatic heterocycles. The molecule has 0 saturated heterocycles. The minimum Gasteiger partial charge on any atom is -0.309 e. The smallest absolute Gasteiger partial charge is 0.248 e. The molecular weight excluding hydrogens is 1280 g/mol. The van der Waals surface area contributed by atoms with Gasteiger partial charge in [0, 0.05) is 38.8 Å². The molecule has 2 aromatic heterocycles. The number of nitrogens with zero attached hydrogens (tertiary/aromatic N) is 2. The first-order chi connectivity index (χ1) is 51.7. The van der Waals surface area contributed by atoms with Crippen LogP contribution in [0, 0.1) is 27.7 Å². The molecule has 106 heavy (non-hydrogen) atoms. The van der Waals surface area contributed by atoms with Crippen LogP contribution in [0.3, 0.4) is 0 Å². The van der Waals surface area contributed by atoms with Gasteiger partial charge in [-0.15, -0.1) is 0 Å². The third-order valence-corrected chi connectivity index (χ3v) is 23.9. The molecule has 2 aliphatic carbocycles. The Hall–Kier alpha value is -12.0. The maximum Gasteiger partial charge on any atom is 0.248 e. The maximum absolute atomic E-state index is 2.82. The van der Waals surface area contributed by atoms with E-state index in [2.05, 4.69) is 392 Å². The van der Waals surface area contributed by atoms with E-state index in [1.165, 1.54) is 199 Å². The Morgan fingerprint density at radius 1 is 0.283 bits per heavy atom. The molecule has 0 amide bonds. The average molecular weight is 1360 g/mol. The van der Waals surface area contributed by atoms with Gasteiger partial charge in [-0.1, -0.05) is 328 Å². The van der Waals surface area contributed by atoms with E-state index in [9.17, 15) is 0 Å². The molecule has 508 valence electrons. The molecule has 17 aromatic rings. The van der Waals surface area contributed by atoms with Gasteiger partial charge < -0.3 is 9.13 Å². The van der Waals surface area contributed by atoms with Crippen molar-refractivity contribution in [2.24, 2.45) is 0 Å².